The quantitative estimate of drug-likeness (QED) is 0.771. The Morgan fingerprint density at radius 3 is 2.63 bits per heavy atom. The first-order valence-electron chi connectivity index (χ1n) is 9.12. The number of carbonyl (C=O) groups excluding carboxylic acids is 2. The van der Waals surface area contributed by atoms with Gasteiger partial charge in [-0.3, -0.25) is 9.59 Å². The third-order valence-corrected chi connectivity index (χ3v) is 5.30. The van der Waals surface area contributed by atoms with Crippen LogP contribution in [0.4, 0.5) is 18.9 Å². The molecule has 2 aromatic rings. The second-order valence-electron chi connectivity index (χ2n) is 6.91. The van der Waals surface area contributed by atoms with Crippen molar-refractivity contribution < 1.29 is 32.2 Å². The smallest absolute Gasteiger partial charge is 0.417 e. The minimum absolute atomic E-state index is 0.0425. The number of fused-ring (bicyclic) bond motifs is 1. The Labute approximate surface area is 174 Å². The number of alkyl halides is 3. The molecule has 10 heteroatoms. The van der Waals surface area contributed by atoms with E-state index >= 15 is 0 Å². The SMILES string of the molecule is O=C(Nc1ccc(Cl)c(C(F)(F)F)c1)C1CCCN1C(=O)c1ccc2c(c1)OCO2. The highest BCUT2D eigenvalue weighted by atomic mass is 35.5. The molecule has 1 N–H and O–H groups in total. The third kappa shape index (κ3) is 3.89. The van der Waals surface area contributed by atoms with E-state index in [2.05, 4.69) is 5.32 Å². The van der Waals surface area contributed by atoms with Crippen LogP contribution in [0.15, 0.2) is 36.4 Å². The molecule has 2 amide bonds. The van der Waals surface area contributed by atoms with Crippen LogP contribution in [0.2, 0.25) is 5.02 Å². The standard InChI is InChI=1S/C20H16ClF3N2O4/c21-14-5-4-12(9-13(14)20(22,23)24)25-18(27)15-2-1-7-26(15)19(28)11-3-6-16-17(8-11)30-10-29-16/h3-6,8-9,15H,1-2,7,10H2,(H,25,27). The van der Waals surface area contributed by atoms with Gasteiger partial charge in [0.1, 0.15) is 6.04 Å². The molecule has 0 radical (unpaired) electrons. The molecule has 0 spiro atoms. The molecule has 0 aliphatic carbocycles. The molecule has 2 heterocycles. The van der Waals surface area contributed by atoms with Gasteiger partial charge < -0.3 is 19.7 Å². The summed E-state index contributed by atoms with van der Waals surface area (Å²) in [4.78, 5) is 27.1. The summed E-state index contributed by atoms with van der Waals surface area (Å²) in [5, 5.41) is 2.01. The first-order valence-corrected chi connectivity index (χ1v) is 9.50. The van der Waals surface area contributed by atoms with Gasteiger partial charge in [0.15, 0.2) is 11.5 Å². The zero-order chi connectivity index (χ0) is 21.5. The van der Waals surface area contributed by atoms with Crippen LogP contribution in [0.1, 0.15) is 28.8 Å². The van der Waals surface area contributed by atoms with Crippen LogP contribution in [-0.2, 0) is 11.0 Å². The lowest BCUT2D eigenvalue weighted by atomic mass is 10.1. The number of rotatable bonds is 3. The van der Waals surface area contributed by atoms with Crippen molar-refractivity contribution in [2.24, 2.45) is 0 Å². The molecule has 4 rings (SSSR count). The number of amides is 2. The summed E-state index contributed by atoms with van der Waals surface area (Å²) in [5.41, 5.74) is -0.745. The van der Waals surface area contributed by atoms with Crippen molar-refractivity contribution >= 4 is 29.1 Å². The molecule has 1 unspecified atom stereocenters. The summed E-state index contributed by atoms with van der Waals surface area (Å²) in [6, 6.07) is 7.09. The lowest BCUT2D eigenvalue weighted by Gasteiger charge is -2.24. The highest BCUT2D eigenvalue weighted by molar-refractivity contribution is 6.31. The maximum absolute atomic E-state index is 13.0. The van der Waals surface area contributed by atoms with Crippen molar-refractivity contribution in [1.29, 1.82) is 0 Å². The van der Waals surface area contributed by atoms with Gasteiger partial charge in [0.25, 0.3) is 5.91 Å². The molecule has 1 atom stereocenters. The Morgan fingerprint density at radius 1 is 1.10 bits per heavy atom. The zero-order valence-corrected chi connectivity index (χ0v) is 16.2. The topological polar surface area (TPSA) is 67.9 Å². The van der Waals surface area contributed by atoms with E-state index in [1.54, 1.807) is 18.2 Å². The fourth-order valence-corrected chi connectivity index (χ4v) is 3.75. The number of ether oxygens (including phenoxy) is 2. The molecule has 1 fully saturated rings. The largest absolute Gasteiger partial charge is 0.454 e. The second kappa shape index (κ2) is 7.71. The Hall–Kier alpha value is -2.94. The lowest BCUT2D eigenvalue weighted by molar-refractivity contribution is -0.137. The molecule has 6 nitrogen and oxygen atoms in total. The lowest BCUT2D eigenvalue weighted by Crippen LogP contribution is -2.43. The van der Waals surface area contributed by atoms with Crippen LogP contribution in [0.5, 0.6) is 11.5 Å². The highest BCUT2D eigenvalue weighted by Gasteiger charge is 2.36. The van der Waals surface area contributed by atoms with Gasteiger partial charge in [-0.25, -0.2) is 0 Å². The highest BCUT2D eigenvalue weighted by Crippen LogP contribution is 2.37. The molecule has 1 saturated heterocycles. The van der Waals surface area contributed by atoms with Crippen LogP contribution >= 0.6 is 11.6 Å². The molecular formula is C20H16ClF3N2O4. The summed E-state index contributed by atoms with van der Waals surface area (Å²) < 4.78 is 49.6. The van der Waals surface area contributed by atoms with Gasteiger partial charge in [-0.1, -0.05) is 11.6 Å². The first kappa shape index (κ1) is 20.3. The number of benzene rings is 2. The fourth-order valence-electron chi connectivity index (χ4n) is 3.52. The van der Waals surface area contributed by atoms with Crippen molar-refractivity contribution in [3.8, 4) is 11.5 Å². The molecule has 2 aliphatic rings. The number of likely N-dealkylation sites (tertiary alicyclic amines) is 1. The van der Waals surface area contributed by atoms with E-state index < -0.39 is 28.7 Å². The Morgan fingerprint density at radius 2 is 1.87 bits per heavy atom. The minimum Gasteiger partial charge on any atom is -0.454 e. The molecule has 158 valence electrons. The van der Waals surface area contributed by atoms with Crippen molar-refractivity contribution in [1.82, 2.24) is 4.90 Å². The monoisotopic (exact) mass is 440 g/mol. The predicted molar refractivity (Wildman–Crippen MR) is 102 cm³/mol. The second-order valence-corrected chi connectivity index (χ2v) is 7.31. The molecule has 0 saturated carbocycles. The maximum atomic E-state index is 13.0. The number of anilines is 1. The minimum atomic E-state index is -4.65. The number of nitrogens with zero attached hydrogens (tertiary/aromatic N) is 1. The van der Waals surface area contributed by atoms with E-state index in [-0.39, 0.29) is 18.4 Å². The first-order chi connectivity index (χ1) is 14.2. The predicted octanol–water partition coefficient (Wildman–Crippen LogP) is 4.33. The van der Waals surface area contributed by atoms with Crippen LogP contribution in [0.25, 0.3) is 0 Å². The molecule has 2 aliphatic heterocycles. The Kier molecular flexibility index (Phi) is 5.23. The van der Waals surface area contributed by atoms with E-state index in [0.717, 1.165) is 12.1 Å². The number of hydrogen-bond acceptors (Lipinski definition) is 4. The van der Waals surface area contributed by atoms with Gasteiger partial charge in [0, 0.05) is 17.8 Å². The van der Waals surface area contributed by atoms with E-state index in [9.17, 15) is 22.8 Å². The fraction of sp³-hybridized carbons (Fsp3) is 0.300. The number of hydrogen-bond donors (Lipinski definition) is 1. The van der Waals surface area contributed by atoms with Crippen molar-refractivity contribution in [3.63, 3.8) is 0 Å². The van der Waals surface area contributed by atoms with Crippen LogP contribution in [0, 0.1) is 0 Å². The van der Waals surface area contributed by atoms with Crippen LogP contribution in [-0.4, -0.2) is 36.1 Å². The van der Waals surface area contributed by atoms with Crippen molar-refractivity contribution in [2.75, 3.05) is 18.7 Å². The molecule has 0 bridgehead atoms. The van der Waals surface area contributed by atoms with Gasteiger partial charge in [0.2, 0.25) is 12.7 Å². The summed E-state index contributed by atoms with van der Waals surface area (Å²) >= 11 is 5.61. The summed E-state index contributed by atoms with van der Waals surface area (Å²) in [5.74, 6) is 0.0578. The molecule has 30 heavy (non-hydrogen) atoms. The molecule has 0 aromatic heterocycles. The van der Waals surface area contributed by atoms with E-state index in [1.807, 2.05) is 0 Å². The van der Waals surface area contributed by atoms with Gasteiger partial charge in [0.05, 0.1) is 10.6 Å². The van der Waals surface area contributed by atoms with Crippen molar-refractivity contribution in [2.45, 2.75) is 25.1 Å². The normalized spacial score (nSPS) is 17.9. The van der Waals surface area contributed by atoms with E-state index in [1.165, 1.54) is 11.0 Å². The van der Waals surface area contributed by atoms with E-state index in [0.29, 0.717) is 36.4 Å². The van der Waals surface area contributed by atoms with Crippen LogP contribution in [0.3, 0.4) is 0 Å². The zero-order valence-electron chi connectivity index (χ0n) is 15.5. The molecule has 2 aromatic carbocycles. The number of carbonyl (C=O) groups is 2. The van der Waals surface area contributed by atoms with Crippen LogP contribution < -0.4 is 14.8 Å². The van der Waals surface area contributed by atoms with Gasteiger partial charge in [-0.2, -0.15) is 13.2 Å². The number of nitrogens with one attached hydrogen (secondary N) is 1. The van der Waals surface area contributed by atoms with Gasteiger partial charge in [-0.15, -0.1) is 0 Å². The molecular weight excluding hydrogens is 425 g/mol. The van der Waals surface area contributed by atoms with Crippen molar-refractivity contribution in [3.05, 3.63) is 52.5 Å². The average molecular weight is 441 g/mol. The maximum Gasteiger partial charge on any atom is 0.417 e. The summed E-state index contributed by atoms with van der Waals surface area (Å²) in [6.45, 7) is 0.433. The number of halogens is 4. The van der Waals surface area contributed by atoms with E-state index in [4.69, 9.17) is 21.1 Å². The van der Waals surface area contributed by atoms with Gasteiger partial charge in [-0.05, 0) is 49.2 Å². The summed E-state index contributed by atoms with van der Waals surface area (Å²) in [6.07, 6.45) is -3.64. The Balaban J connectivity index is 1.51. The average Bonchev–Trinajstić information content (AvgIpc) is 3.36. The third-order valence-electron chi connectivity index (χ3n) is 4.98. The van der Waals surface area contributed by atoms with Gasteiger partial charge >= 0.3 is 6.18 Å². The Bertz CT molecular complexity index is 1010. The summed E-state index contributed by atoms with van der Waals surface area (Å²) in [7, 11) is 0.